The summed E-state index contributed by atoms with van der Waals surface area (Å²) < 4.78 is 0. The molecule has 2 aliphatic heterocycles. The topological polar surface area (TPSA) is 101 Å². The Kier molecular flexibility index (Phi) is 3.63. The van der Waals surface area contributed by atoms with Crippen LogP contribution in [0.3, 0.4) is 0 Å². The summed E-state index contributed by atoms with van der Waals surface area (Å²) >= 11 is 0. The first-order valence-corrected chi connectivity index (χ1v) is 7.45. The summed E-state index contributed by atoms with van der Waals surface area (Å²) in [6, 6.07) is 4.55. The number of imide groups is 1. The quantitative estimate of drug-likeness (QED) is 0.790. The molecule has 2 heterocycles. The fourth-order valence-corrected chi connectivity index (χ4v) is 3.04. The molecule has 0 aromatic heterocycles. The molecule has 0 atom stereocenters. The molecule has 0 aliphatic carbocycles. The molecule has 0 radical (unpaired) electrons. The van der Waals surface area contributed by atoms with Crippen LogP contribution in [0, 0.1) is 5.92 Å². The number of primary amides is 1. The number of amides is 4. The number of rotatable bonds is 2. The first kappa shape index (κ1) is 15.2. The zero-order valence-electron chi connectivity index (χ0n) is 12.7. The molecule has 0 bridgehead atoms. The fraction of sp³-hybridized carbons (Fsp3) is 0.375. The van der Waals surface area contributed by atoms with Crippen LogP contribution in [0.4, 0.5) is 0 Å². The number of nitrogens with zero attached hydrogens (tertiary/aromatic N) is 2. The van der Waals surface area contributed by atoms with E-state index in [1.54, 1.807) is 11.0 Å². The second kappa shape index (κ2) is 5.49. The SMILES string of the molecule is CN1C(=O)c2ccc(C(=O)N3CCC(C(N)=O)CC3)cc2C1=O. The third kappa shape index (κ3) is 2.48. The Balaban J connectivity index is 1.79. The van der Waals surface area contributed by atoms with Crippen molar-refractivity contribution in [3.05, 3.63) is 34.9 Å². The van der Waals surface area contributed by atoms with Crippen LogP contribution in [0.5, 0.6) is 0 Å². The van der Waals surface area contributed by atoms with E-state index in [-0.39, 0.29) is 29.2 Å². The molecule has 7 heteroatoms. The Morgan fingerprint density at radius 3 is 2.30 bits per heavy atom. The largest absolute Gasteiger partial charge is 0.369 e. The van der Waals surface area contributed by atoms with E-state index in [2.05, 4.69) is 0 Å². The van der Waals surface area contributed by atoms with Crippen LogP contribution in [-0.2, 0) is 4.79 Å². The van der Waals surface area contributed by atoms with Gasteiger partial charge in [0.2, 0.25) is 5.91 Å². The summed E-state index contributed by atoms with van der Waals surface area (Å²) in [4.78, 5) is 50.3. The molecule has 1 saturated heterocycles. The smallest absolute Gasteiger partial charge is 0.261 e. The van der Waals surface area contributed by atoms with Gasteiger partial charge in [0.05, 0.1) is 11.1 Å². The van der Waals surface area contributed by atoms with Crippen molar-refractivity contribution < 1.29 is 19.2 Å². The van der Waals surface area contributed by atoms with Gasteiger partial charge in [-0.15, -0.1) is 0 Å². The minimum absolute atomic E-state index is 0.188. The molecule has 120 valence electrons. The summed E-state index contributed by atoms with van der Waals surface area (Å²) in [7, 11) is 1.42. The van der Waals surface area contributed by atoms with Crippen molar-refractivity contribution in [2.75, 3.05) is 20.1 Å². The highest BCUT2D eigenvalue weighted by atomic mass is 16.2. The zero-order valence-corrected chi connectivity index (χ0v) is 12.7. The summed E-state index contributed by atoms with van der Waals surface area (Å²) in [6.45, 7) is 0.909. The van der Waals surface area contributed by atoms with E-state index in [4.69, 9.17) is 5.73 Å². The molecule has 1 fully saturated rings. The van der Waals surface area contributed by atoms with Gasteiger partial charge < -0.3 is 10.6 Å². The van der Waals surface area contributed by atoms with Crippen LogP contribution in [0.2, 0.25) is 0 Å². The van der Waals surface area contributed by atoms with E-state index >= 15 is 0 Å². The molecule has 0 spiro atoms. The first-order chi connectivity index (χ1) is 10.9. The van der Waals surface area contributed by atoms with Crippen molar-refractivity contribution in [3.63, 3.8) is 0 Å². The Morgan fingerprint density at radius 2 is 1.70 bits per heavy atom. The second-order valence-electron chi connectivity index (χ2n) is 5.90. The van der Waals surface area contributed by atoms with Crippen molar-refractivity contribution in [3.8, 4) is 0 Å². The summed E-state index contributed by atoms with van der Waals surface area (Å²) in [5.74, 6) is -1.47. The predicted molar refractivity (Wildman–Crippen MR) is 80.7 cm³/mol. The van der Waals surface area contributed by atoms with Crippen LogP contribution < -0.4 is 5.73 Å². The van der Waals surface area contributed by atoms with Crippen LogP contribution in [-0.4, -0.2) is 53.6 Å². The normalized spacial score (nSPS) is 18.3. The van der Waals surface area contributed by atoms with Crippen molar-refractivity contribution in [2.24, 2.45) is 11.7 Å². The van der Waals surface area contributed by atoms with Gasteiger partial charge in [-0.25, -0.2) is 0 Å². The number of benzene rings is 1. The van der Waals surface area contributed by atoms with Crippen LogP contribution in [0.1, 0.15) is 43.9 Å². The number of hydrogen-bond donors (Lipinski definition) is 1. The average molecular weight is 315 g/mol. The Hall–Kier alpha value is -2.70. The molecule has 4 amide bonds. The van der Waals surface area contributed by atoms with Crippen molar-refractivity contribution in [2.45, 2.75) is 12.8 Å². The number of carbonyl (C=O) groups is 4. The lowest BCUT2D eigenvalue weighted by Gasteiger charge is -2.30. The Labute approximate surface area is 133 Å². The molecule has 0 saturated carbocycles. The maximum Gasteiger partial charge on any atom is 0.261 e. The molecule has 3 rings (SSSR count). The van der Waals surface area contributed by atoms with Crippen molar-refractivity contribution in [1.29, 1.82) is 0 Å². The van der Waals surface area contributed by atoms with Crippen LogP contribution in [0.25, 0.3) is 0 Å². The van der Waals surface area contributed by atoms with Gasteiger partial charge in [-0.1, -0.05) is 0 Å². The molecular weight excluding hydrogens is 298 g/mol. The lowest BCUT2D eigenvalue weighted by Crippen LogP contribution is -2.41. The number of hydrogen-bond acceptors (Lipinski definition) is 4. The van der Waals surface area contributed by atoms with Crippen LogP contribution >= 0.6 is 0 Å². The molecule has 1 aromatic rings. The van der Waals surface area contributed by atoms with E-state index in [9.17, 15) is 19.2 Å². The minimum atomic E-state index is -0.396. The van der Waals surface area contributed by atoms with E-state index in [1.165, 1.54) is 19.2 Å². The number of fused-ring (bicyclic) bond motifs is 1. The molecule has 2 aliphatic rings. The molecule has 2 N–H and O–H groups in total. The van der Waals surface area contributed by atoms with Gasteiger partial charge in [0.25, 0.3) is 17.7 Å². The van der Waals surface area contributed by atoms with Gasteiger partial charge in [-0.2, -0.15) is 0 Å². The van der Waals surface area contributed by atoms with Gasteiger partial charge in [-0.3, -0.25) is 24.1 Å². The lowest BCUT2D eigenvalue weighted by atomic mass is 9.95. The standard InChI is InChI=1S/C16H17N3O4/c1-18-15(22)11-3-2-10(8-12(11)16(18)23)14(21)19-6-4-9(5-7-19)13(17)20/h2-3,8-9H,4-7H2,1H3,(H2,17,20). The molecular formula is C16H17N3O4. The maximum atomic E-state index is 12.5. The number of likely N-dealkylation sites (tertiary alicyclic amines) is 1. The van der Waals surface area contributed by atoms with Gasteiger partial charge in [0, 0.05) is 31.6 Å². The molecule has 1 aromatic carbocycles. The monoisotopic (exact) mass is 315 g/mol. The zero-order chi connectivity index (χ0) is 16.7. The highest BCUT2D eigenvalue weighted by Crippen LogP contribution is 2.24. The molecule has 23 heavy (non-hydrogen) atoms. The molecule has 0 unspecified atom stereocenters. The maximum absolute atomic E-state index is 12.5. The van der Waals surface area contributed by atoms with Crippen molar-refractivity contribution in [1.82, 2.24) is 9.80 Å². The Morgan fingerprint density at radius 1 is 1.09 bits per heavy atom. The average Bonchev–Trinajstić information content (AvgIpc) is 2.78. The highest BCUT2D eigenvalue weighted by Gasteiger charge is 2.34. The first-order valence-electron chi connectivity index (χ1n) is 7.45. The van der Waals surface area contributed by atoms with E-state index in [0.717, 1.165) is 4.90 Å². The lowest BCUT2D eigenvalue weighted by molar-refractivity contribution is -0.123. The Bertz CT molecular complexity index is 720. The second-order valence-corrected chi connectivity index (χ2v) is 5.90. The van der Waals surface area contributed by atoms with Gasteiger partial charge >= 0.3 is 0 Å². The third-order valence-electron chi connectivity index (χ3n) is 4.52. The fourth-order valence-electron chi connectivity index (χ4n) is 3.04. The summed E-state index contributed by atoms with van der Waals surface area (Å²) in [5.41, 5.74) is 6.24. The van der Waals surface area contributed by atoms with Gasteiger partial charge in [-0.05, 0) is 31.0 Å². The van der Waals surface area contributed by atoms with Crippen LogP contribution in [0.15, 0.2) is 18.2 Å². The highest BCUT2D eigenvalue weighted by molar-refractivity contribution is 6.21. The minimum Gasteiger partial charge on any atom is -0.369 e. The van der Waals surface area contributed by atoms with E-state index < -0.39 is 5.91 Å². The van der Waals surface area contributed by atoms with E-state index in [0.29, 0.717) is 37.1 Å². The summed E-state index contributed by atoms with van der Waals surface area (Å²) in [6.07, 6.45) is 1.10. The summed E-state index contributed by atoms with van der Waals surface area (Å²) in [5, 5.41) is 0. The number of carbonyl (C=O) groups excluding carboxylic acids is 4. The van der Waals surface area contributed by atoms with Crippen molar-refractivity contribution >= 4 is 23.6 Å². The van der Waals surface area contributed by atoms with Gasteiger partial charge in [0.15, 0.2) is 0 Å². The predicted octanol–water partition coefficient (Wildman–Crippen LogP) is 0.250. The van der Waals surface area contributed by atoms with Gasteiger partial charge in [0.1, 0.15) is 0 Å². The number of nitrogens with two attached hydrogens (primary N) is 1. The number of piperidine rings is 1. The molecule has 7 nitrogen and oxygen atoms in total. The third-order valence-corrected chi connectivity index (χ3v) is 4.52. The van der Waals surface area contributed by atoms with E-state index in [1.807, 2.05) is 0 Å².